The third-order valence-corrected chi connectivity index (χ3v) is 3.79. The molecule has 120 valence electrons. The molecule has 0 atom stereocenters. The highest BCUT2D eigenvalue weighted by atomic mass is 16.5. The zero-order valence-corrected chi connectivity index (χ0v) is 13.4. The number of ether oxygens (including phenoxy) is 1. The van der Waals surface area contributed by atoms with Crippen molar-refractivity contribution in [1.82, 2.24) is 4.90 Å². The van der Waals surface area contributed by atoms with E-state index >= 15 is 0 Å². The molecule has 1 saturated heterocycles. The molecule has 0 aliphatic carbocycles. The van der Waals surface area contributed by atoms with Gasteiger partial charge in [0.2, 0.25) is 11.8 Å². The van der Waals surface area contributed by atoms with Crippen molar-refractivity contribution < 1.29 is 14.3 Å². The summed E-state index contributed by atoms with van der Waals surface area (Å²) in [7, 11) is 1.63. The lowest BCUT2D eigenvalue weighted by Gasteiger charge is -2.36. The van der Waals surface area contributed by atoms with Gasteiger partial charge in [-0.15, -0.1) is 0 Å². The second-order valence-corrected chi connectivity index (χ2v) is 5.45. The van der Waals surface area contributed by atoms with Gasteiger partial charge in [0.05, 0.1) is 6.61 Å². The van der Waals surface area contributed by atoms with Crippen molar-refractivity contribution in [3.63, 3.8) is 0 Å². The van der Waals surface area contributed by atoms with Crippen LogP contribution in [0.5, 0.6) is 0 Å². The molecule has 0 spiro atoms. The molecule has 1 fully saturated rings. The first-order chi connectivity index (χ1) is 10.5. The van der Waals surface area contributed by atoms with Crippen molar-refractivity contribution in [1.29, 1.82) is 0 Å². The zero-order valence-electron chi connectivity index (χ0n) is 13.4. The number of hydrogen-bond donors (Lipinski definition) is 1. The van der Waals surface area contributed by atoms with E-state index in [1.807, 2.05) is 23.1 Å². The molecule has 1 aliphatic rings. The van der Waals surface area contributed by atoms with Gasteiger partial charge in [0.15, 0.2) is 0 Å². The average Bonchev–Trinajstić information content (AvgIpc) is 2.49. The molecular weight excluding hydrogens is 282 g/mol. The Morgan fingerprint density at radius 3 is 2.41 bits per heavy atom. The maximum Gasteiger partial charge on any atom is 0.221 e. The fourth-order valence-electron chi connectivity index (χ4n) is 2.64. The Morgan fingerprint density at radius 2 is 1.86 bits per heavy atom. The number of rotatable bonds is 4. The van der Waals surface area contributed by atoms with Crippen molar-refractivity contribution in [2.24, 2.45) is 0 Å². The summed E-state index contributed by atoms with van der Waals surface area (Å²) < 4.78 is 5.22. The summed E-state index contributed by atoms with van der Waals surface area (Å²) >= 11 is 0. The number of anilines is 2. The molecule has 1 aliphatic heterocycles. The minimum atomic E-state index is -0.0971. The second kappa shape index (κ2) is 7.26. The smallest absolute Gasteiger partial charge is 0.221 e. The number of carbonyl (C=O) groups excluding carboxylic acids is 2. The Morgan fingerprint density at radius 1 is 1.18 bits per heavy atom. The topological polar surface area (TPSA) is 61.9 Å². The van der Waals surface area contributed by atoms with Crippen LogP contribution in [0.25, 0.3) is 0 Å². The van der Waals surface area contributed by atoms with E-state index in [0.29, 0.717) is 6.61 Å². The standard InChI is InChI=1S/C16H23N3O3/c1-12(20)17-16-5-4-15(10-14(16)11-22-3)19-8-6-18(7-9-19)13(2)21/h4-5,10H,6-9,11H2,1-3H3,(H,17,20). The van der Waals surface area contributed by atoms with Gasteiger partial charge in [-0.25, -0.2) is 0 Å². The van der Waals surface area contributed by atoms with Crippen molar-refractivity contribution in [3.05, 3.63) is 23.8 Å². The molecule has 2 rings (SSSR count). The molecule has 1 aromatic carbocycles. The van der Waals surface area contributed by atoms with E-state index in [1.165, 1.54) is 6.92 Å². The minimum Gasteiger partial charge on any atom is -0.380 e. The largest absolute Gasteiger partial charge is 0.380 e. The minimum absolute atomic E-state index is 0.0971. The van der Waals surface area contributed by atoms with Crippen LogP contribution in [-0.4, -0.2) is 50.0 Å². The maximum atomic E-state index is 11.4. The van der Waals surface area contributed by atoms with Crippen LogP contribution in [0.3, 0.4) is 0 Å². The van der Waals surface area contributed by atoms with Gasteiger partial charge in [-0.3, -0.25) is 9.59 Å². The first-order valence-electron chi connectivity index (χ1n) is 7.41. The summed E-state index contributed by atoms with van der Waals surface area (Å²) in [5.74, 6) is 0.0286. The van der Waals surface area contributed by atoms with E-state index in [2.05, 4.69) is 10.2 Å². The van der Waals surface area contributed by atoms with Crippen molar-refractivity contribution in [2.45, 2.75) is 20.5 Å². The van der Waals surface area contributed by atoms with Crippen LogP contribution in [0.2, 0.25) is 0 Å². The summed E-state index contributed by atoms with van der Waals surface area (Å²) in [5.41, 5.74) is 2.81. The van der Waals surface area contributed by atoms with Gasteiger partial charge < -0.3 is 19.9 Å². The lowest BCUT2D eigenvalue weighted by Crippen LogP contribution is -2.48. The number of carbonyl (C=O) groups is 2. The fraction of sp³-hybridized carbons (Fsp3) is 0.500. The molecule has 1 heterocycles. The van der Waals surface area contributed by atoms with Crippen molar-refractivity contribution in [2.75, 3.05) is 43.5 Å². The Hall–Kier alpha value is -2.08. The van der Waals surface area contributed by atoms with E-state index in [-0.39, 0.29) is 11.8 Å². The van der Waals surface area contributed by atoms with E-state index in [0.717, 1.165) is 43.1 Å². The Kier molecular flexibility index (Phi) is 5.38. The molecule has 0 radical (unpaired) electrons. The van der Waals surface area contributed by atoms with Gasteiger partial charge >= 0.3 is 0 Å². The molecule has 0 bridgehead atoms. The summed E-state index contributed by atoms with van der Waals surface area (Å²) in [6, 6.07) is 5.94. The Bertz CT molecular complexity index is 552. The molecule has 0 aromatic heterocycles. The van der Waals surface area contributed by atoms with Crippen LogP contribution in [-0.2, 0) is 20.9 Å². The van der Waals surface area contributed by atoms with Crippen LogP contribution < -0.4 is 10.2 Å². The second-order valence-electron chi connectivity index (χ2n) is 5.45. The number of methoxy groups -OCH3 is 1. The lowest BCUT2D eigenvalue weighted by molar-refractivity contribution is -0.129. The summed E-state index contributed by atoms with van der Waals surface area (Å²) in [6.45, 7) is 6.64. The lowest BCUT2D eigenvalue weighted by atomic mass is 10.1. The molecule has 1 N–H and O–H groups in total. The van der Waals surface area contributed by atoms with Gasteiger partial charge in [-0.2, -0.15) is 0 Å². The number of amides is 2. The van der Waals surface area contributed by atoms with Crippen LogP contribution in [0, 0.1) is 0 Å². The summed E-state index contributed by atoms with van der Waals surface area (Å²) in [4.78, 5) is 26.7. The molecule has 2 amide bonds. The molecule has 6 nitrogen and oxygen atoms in total. The van der Waals surface area contributed by atoms with E-state index < -0.39 is 0 Å². The zero-order chi connectivity index (χ0) is 16.1. The van der Waals surface area contributed by atoms with Crippen LogP contribution >= 0.6 is 0 Å². The third-order valence-electron chi connectivity index (χ3n) is 3.79. The Labute approximate surface area is 131 Å². The summed E-state index contributed by atoms with van der Waals surface area (Å²) in [5, 5.41) is 2.82. The van der Waals surface area contributed by atoms with Gasteiger partial charge in [-0.1, -0.05) is 0 Å². The predicted molar refractivity (Wildman–Crippen MR) is 85.9 cm³/mol. The van der Waals surface area contributed by atoms with Crippen molar-refractivity contribution in [3.8, 4) is 0 Å². The normalized spacial score (nSPS) is 14.9. The van der Waals surface area contributed by atoms with Gasteiger partial charge in [0, 0.05) is 64.1 Å². The van der Waals surface area contributed by atoms with E-state index in [4.69, 9.17) is 4.74 Å². The molecule has 0 saturated carbocycles. The highest BCUT2D eigenvalue weighted by molar-refractivity contribution is 5.89. The predicted octanol–water partition coefficient (Wildman–Crippen LogP) is 1.46. The van der Waals surface area contributed by atoms with Crippen LogP contribution in [0.1, 0.15) is 19.4 Å². The number of hydrogen-bond acceptors (Lipinski definition) is 4. The third kappa shape index (κ3) is 3.98. The first kappa shape index (κ1) is 16.3. The van der Waals surface area contributed by atoms with Gasteiger partial charge in [0.25, 0.3) is 0 Å². The number of benzene rings is 1. The van der Waals surface area contributed by atoms with Crippen molar-refractivity contribution >= 4 is 23.2 Å². The number of nitrogens with zero attached hydrogens (tertiary/aromatic N) is 2. The summed E-state index contributed by atoms with van der Waals surface area (Å²) in [6.07, 6.45) is 0. The fourth-order valence-corrected chi connectivity index (χ4v) is 2.64. The quantitative estimate of drug-likeness (QED) is 0.915. The molecular formula is C16H23N3O3. The number of nitrogens with one attached hydrogen (secondary N) is 1. The maximum absolute atomic E-state index is 11.4. The Balaban J connectivity index is 2.13. The SMILES string of the molecule is COCc1cc(N2CCN(C(C)=O)CC2)ccc1NC(C)=O. The molecule has 22 heavy (non-hydrogen) atoms. The molecule has 6 heteroatoms. The van der Waals surface area contributed by atoms with Crippen LogP contribution in [0.15, 0.2) is 18.2 Å². The average molecular weight is 305 g/mol. The number of piperazine rings is 1. The highest BCUT2D eigenvalue weighted by Gasteiger charge is 2.19. The molecule has 1 aromatic rings. The first-order valence-corrected chi connectivity index (χ1v) is 7.41. The highest BCUT2D eigenvalue weighted by Crippen LogP contribution is 2.25. The van der Waals surface area contributed by atoms with Crippen LogP contribution in [0.4, 0.5) is 11.4 Å². The monoisotopic (exact) mass is 305 g/mol. The van der Waals surface area contributed by atoms with Gasteiger partial charge in [-0.05, 0) is 18.2 Å². The van der Waals surface area contributed by atoms with E-state index in [9.17, 15) is 9.59 Å². The van der Waals surface area contributed by atoms with E-state index in [1.54, 1.807) is 14.0 Å². The molecule has 0 unspecified atom stereocenters. The van der Waals surface area contributed by atoms with Gasteiger partial charge in [0.1, 0.15) is 0 Å².